The third kappa shape index (κ3) is 2.50. The number of aryl methyl sites for hydroxylation is 1. The maximum Gasteiger partial charge on any atom is 0.149 e. The standard InChI is InChI=1S/C19H17N5/c1-13-19(14(2)24(23-13)15-8-4-3-5-9-15)22-18-12-20-16-10-6-7-11-17(16)21-18/h3-12H,1-2H3,(H,21,22). The first kappa shape index (κ1) is 14.4. The van der Waals surface area contributed by atoms with Gasteiger partial charge in [-0.25, -0.2) is 9.67 Å². The Morgan fingerprint density at radius 2 is 1.58 bits per heavy atom. The highest BCUT2D eigenvalue weighted by atomic mass is 15.3. The van der Waals surface area contributed by atoms with Gasteiger partial charge in [0.05, 0.1) is 40.0 Å². The van der Waals surface area contributed by atoms with Crippen LogP contribution in [0.2, 0.25) is 0 Å². The molecule has 118 valence electrons. The number of aromatic nitrogens is 4. The topological polar surface area (TPSA) is 55.6 Å². The summed E-state index contributed by atoms with van der Waals surface area (Å²) < 4.78 is 1.94. The van der Waals surface area contributed by atoms with Crippen molar-refractivity contribution in [3.63, 3.8) is 0 Å². The van der Waals surface area contributed by atoms with Crippen molar-refractivity contribution in [2.75, 3.05) is 5.32 Å². The van der Waals surface area contributed by atoms with E-state index >= 15 is 0 Å². The number of benzene rings is 2. The summed E-state index contributed by atoms with van der Waals surface area (Å²) in [5, 5.41) is 8.01. The number of hydrogen-bond donors (Lipinski definition) is 1. The van der Waals surface area contributed by atoms with Crippen LogP contribution in [0.15, 0.2) is 60.8 Å². The van der Waals surface area contributed by atoms with E-state index in [2.05, 4.69) is 20.4 Å². The molecule has 5 heteroatoms. The molecule has 0 spiro atoms. The van der Waals surface area contributed by atoms with Crippen molar-refractivity contribution in [3.05, 3.63) is 72.2 Å². The molecule has 2 aromatic carbocycles. The van der Waals surface area contributed by atoms with Gasteiger partial charge in [-0.05, 0) is 38.1 Å². The van der Waals surface area contributed by atoms with Crippen LogP contribution in [-0.2, 0) is 0 Å². The summed E-state index contributed by atoms with van der Waals surface area (Å²) in [4.78, 5) is 9.07. The molecule has 0 bridgehead atoms. The van der Waals surface area contributed by atoms with Gasteiger partial charge in [0.1, 0.15) is 5.82 Å². The second kappa shape index (κ2) is 5.77. The number of nitrogens with one attached hydrogen (secondary N) is 1. The monoisotopic (exact) mass is 315 g/mol. The van der Waals surface area contributed by atoms with Crippen LogP contribution in [0.25, 0.3) is 16.7 Å². The van der Waals surface area contributed by atoms with Gasteiger partial charge < -0.3 is 5.32 Å². The molecule has 0 saturated carbocycles. The molecule has 0 atom stereocenters. The van der Waals surface area contributed by atoms with Crippen molar-refractivity contribution in [1.82, 2.24) is 19.7 Å². The molecule has 0 aliphatic heterocycles. The van der Waals surface area contributed by atoms with Crippen LogP contribution in [0.4, 0.5) is 11.5 Å². The third-order valence-electron chi connectivity index (χ3n) is 3.99. The summed E-state index contributed by atoms with van der Waals surface area (Å²) in [7, 11) is 0. The minimum absolute atomic E-state index is 0.715. The smallest absolute Gasteiger partial charge is 0.149 e. The van der Waals surface area contributed by atoms with E-state index in [0.717, 1.165) is 33.8 Å². The Labute approximate surface area is 140 Å². The fourth-order valence-electron chi connectivity index (χ4n) is 2.79. The predicted octanol–water partition coefficient (Wildman–Crippen LogP) is 4.18. The number of para-hydroxylation sites is 3. The summed E-state index contributed by atoms with van der Waals surface area (Å²) in [5.41, 5.74) is 5.71. The number of rotatable bonds is 3. The quantitative estimate of drug-likeness (QED) is 0.616. The second-order valence-electron chi connectivity index (χ2n) is 5.66. The molecular formula is C19H17N5. The Morgan fingerprint density at radius 1 is 0.875 bits per heavy atom. The van der Waals surface area contributed by atoms with Gasteiger partial charge in [-0.3, -0.25) is 4.98 Å². The fourth-order valence-corrected chi connectivity index (χ4v) is 2.79. The maximum atomic E-state index is 4.64. The zero-order valence-electron chi connectivity index (χ0n) is 13.6. The largest absolute Gasteiger partial charge is 0.336 e. The van der Waals surface area contributed by atoms with Crippen LogP contribution in [0.5, 0.6) is 0 Å². The van der Waals surface area contributed by atoms with Crippen molar-refractivity contribution >= 4 is 22.5 Å². The van der Waals surface area contributed by atoms with E-state index in [9.17, 15) is 0 Å². The van der Waals surface area contributed by atoms with Gasteiger partial charge in [0, 0.05) is 0 Å². The van der Waals surface area contributed by atoms with E-state index in [0.29, 0.717) is 5.82 Å². The molecule has 0 radical (unpaired) electrons. The SMILES string of the molecule is Cc1nn(-c2ccccc2)c(C)c1Nc1cnc2ccccc2n1. The van der Waals surface area contributed by atoms with E-state index in [1.807, 2.05) is 73.1 Å². The van der Waals surface area contributed by atoms with Crippen LogP contribution >= 0.6 is 0 Å². The van der Waals surface area contributed by atoms with Crippen LogP contribution < -0.4 is 5.32 Å². The first-order chi connectivity index (χ1) is 11.7. The summed E-state index contributed by atoms with van der Waals surface area (Å²) in [6.07, 6.45) is 1.75. The zero-order chi connectivity index (χ0) is 16.5. The Morgan fingerprint density at radius 3 is 2.38 bits per heavy atom. The van der Waals surface area contributed by atoms with Crippen molar-refractivity contribution in [1.29, 1.82) is 0 Å². The molecule has 0 aliphatic carbocycles. The Hall–Kier alpha value is -3.21. The molecule has 2 heterocycles. The average Bonchev–Trinajstić information content (AvgIpc) is 2.90. The number of nitrogens with zero attached hydrogens (tertiary/aromatic N) is 4. The van der Waals surface area contributed by atoms with Gasteiger partial charge in [-0.1, -0.05) is 30.3 Å². The molecule has 4 aromatic rings. The lowest BCUT2D eigenvalue weighted by Crippen LogP contribution is -2.00. The molecule has 4 rings (SSSR count). The van der Waals surface area contributed by atoms with E-state index in [1.165, 1.54) is 0 Å². The molecule has 0 aliphatic rings. The molecule has 0 fully saturated rings. The van der Waals surface area contributed by atoms with Crippen molar-refractivity contribution in [3.8, 4) is 5.69 Å². The van der Waals surface area contributed by atoms with Gasteiger partial charge in [-0.15, -0.1) is 0 Å². The van der Waals surface area contributed by atoms with Crippen LogP contribution in [0, 0.1) is 13.8 Å². The lowest BCUT2D eigenvalue weighted by molar-refractivity contribution is 0.834. The molecule has 2 aromatic heterocycles. The molecule has 24 heavy (non-hydrogen) atoms. The molecule has 5 nitrogen and oxygen atoms in total. The molecular weight excluding hydrogens is 298 g/mol. The van der Waals surface area contributed by atoms with Gasteiger partial charge in [0.2, 0.25) is 0 Å². The molecule has 0 saturated heterocycles. The molecule has 1 N–H and O–H groups in total. The van der Waals surface area contributed by atoms with Crippen LogP contribution in [0.1, 0.15) is 11.4 Å². The van der Waals surface area contributed by atoms with Crippen molar-refractivity contribution < 1.29 is 0 Å². The van der Waals surface area contributed by atoms with Gasteiger partial charge in [0.25, 0.3) is 0 Å². The summed E-state index contributed by atoms with van der Waals surface area (Å²) in [6, 6.07) is 17.9. The number of anilines is 2. The first-order valence-electron chi connectivity index (χ1n) is 7.83. The van der Waals surface area contributed by atoms with E-state index in [-0.39, 0.29) is 0 Å². The zero-order valence-corrected chi connectivity index (χ0v) is 13.6. The van der Waals surface area contributed by atoms with Gasteiger partial charge in [0.15, 0.2) is 0 Å². The van der Waals surface area contributed by atoms with Gasteiger partial charge >= 0.3 is 0 Å². The van der Waals surface area contributed by atoms with Gasteiger partial charge in [-0.2, -0.15) is 5.10 Å². The second-order valence-corrected chi connectivity index (χ2v) is 5.66. The Bertz CT molecular complexity index is 1000. The number of fused-ring (bicyclic) bond motifs is 1. The first-order valence-corrected chi connectivity index (χ1v) is 7.83. The van der Waals surface area contributed by atoms with E-state index in [1.54, 1.807) is 6.20 Å². The minimum atomic E-state index is 0.715. The van der Waals surface area contributed by atoms with Crippen molar-refractivity contribution in [2.24, 2.45) is 0 Å². The summed E-state index contributed by atoms with van der Waals surface area (Å²) >= 11 is 0. The van der Waals surface area contributed by atoms with Crippen molar-refractivity contribution in [2.45, 2.75) is 13.8 Å². The average molecular weight is 315 g/mol. The number of hydrogen-bond acceptors (Lipinski definition) is 4. The normalized spacial score (nSPS) is 10.9. The van der Waals surface area contributed by atoms with E-state index < -0.39 is 0 Å². The highest BCUT2D eigenvalue weighted by Gasteiger charge is 2.13. The summed E-state index contributed by atoms with van der Waals surface area (Å²) in [5.74, 6) is 0.715. The lowest BCUT2D eigenvalue weighted by Gasteiger charge is -2.08. The maximum absolute atomic E-state index is 4.64. The fraction of sp³-hybridized carbons (Fsp3) is 0.105. The highest BCUT2D eigenvalue weighted by Crippen LogP contribution is 2.26. The lowest BCUT2D eigenvalue weighted by atomic mass is 10.3. The molecule has 0 amide bonds. The van der Waals surface area contributed by atoms with Crippen LogP contribution in [-0.4, -0.2) is 19.7 Å². The van der Waals surface area contributed by atoms with E-state index in [4.69, 9.17) is 0 Å². The highest BCUT2D eigenvalue weighted by molar-refractivity contribution is 5.76. The minimum Gasteiger partial charge on any atom is -0.336 e. The Kier molecular flexibility index (Phi) is 3.46. The predicted molar refractivity (Wildman–Crippen MR) is 95.9 cm³/mol. The third-order valence-corrected chi connectivity index (χ3v) is 3.99. The van der Waals surface area contributed by atoms with Crippen LogP contribution in [0.3, 0.4) is 0 Å². The summed E-state index contributed by atoms with van der Waals surface area (Å²) in [6.45, 7) is 4.03. The molecule has 0 unspecified atom stereocenters. The Balaban J connectivity index is 1.72.